The highest BCUT2D eigenvalue weighted by molar-refractivity contribution is 5.84. The number of likely N-dealkylation sites (N-methyl/N-ethyl adjacent to an activating group) is 1. The number of alkyl halides is 1. The number of amides is 1. The minimum absolute atomic E-state index is 0.0588. The SMILES string of the molecule is CCCN(C)C(=O)Cc1c(-c2ccc(CCCF)cc2)nn2c(C)cc(C)nc12. The lowest BCUT2D eigenvalue weighted by molar-refractivity contribution is -0.129. The van der Waals surface area contributed by atoms with Crippen molar-refractivity contribution in [2.45, 2.75) is 46.5 Å². The first-order valence-corrected chi connectivity index (χ1v) is 10.2. The third-order valence-corrected chi connectivity index (χ3v) is 5.13. The Morgan fingerprint density at radius 3 is 2.59 bits per heavy atom. The lowest BCUT2D eigenvalue weighted by atomic mass is 10.0. The zero-order chi connectivity index (χ0) is 21.0. The zero-order valence-electron chi connectivity index (χ0n) is 17.7. The van der Waals surface area contributed by atoms with Gasteiger partial charge in [0.05, 0.1) is 18.8 Å². The van der Waals surface area contributed by atoms with Gasteiger partial charge in [0.2, 0.25) is 5.91 Å². The van der Waals surface area contributed by atoms with Crippen molar-refractivity contribution in [2.24, 2.45) is 0 Å². The van der Waals surface area contributed by atoms with Crippen molar-refractivity contribution < 1.29 is 9.18 Å². The topological polar surface area (TPSA) is 50.5 Å². The van der Waals surface area contributed by atoms with Crippen molar-refractivity contribution in [3.63, 3.8) is 0 Å². The molecule has 0 saturated carbocycles. The summed E-state index contributed by atoms with van der Waals surface area (Å²) in [7, 11) is 1.83. The molecule has 6 heteroatoms. The number of hydrogen-bond acceptors (Lipinski definition) is 3. The number of aromatic nitrogens is 3. The van der Waals surface area contributed by atoms with Crippen LogP contribution >= 0.6 is 0 Å². The molecule has 0 aliphatic rings. The van der Waals surface area contributed by atoms with Gasteiger partial charge in [-0.1, -0.05) is 31.2 Å². The van der Waals surface area contributed by atoms with Crippen LogP contribution in [0.5, 0.6) is 0 Å². The van der Waals surface area contributed by atoms with Gasteiger partial charge in [0.15, 0.2) is 5.65 Å². The van der Waals surface area contributed by atoms with Crippen LogP contribution in [0.1, 0.15) is 42.3 Å². The molecule has 2 heterocycles. The third kappa shape index (κ3) is 4.63. The van der Waals surface area contributed by atoms with E-state index in [9.17, 15) is 9.18 Å². The van der Waals surface area contributed by atoms with E-state index in [1.54, 1.807) is 4.90 Å². The molecule has 0 bridgehead atoms. The Hall–Kier alpha value is -2.76. The molecule has 0 aliphatic heterocycles. The van der Waals surface area contributed by atoms with Gasteiger partial charge in [-0.3, -0.25) is 9.18 Å². The number of halogens is 1. The Balaban J connectivity index is 2.05. The smallest absolute Gasteiger partial charge is 0.226 e. The number of benzene rings is 1. The predicted molar refractivity (Wildman–Crippen MR) is 114 cm³/mol. The second kappa shape index (κ2) is 9.16. The molecule has 1 amide bonds. The maximum atomic E-state index is 12.8. The summed E-state index contributed by atoms with van der Waals surface area (Å²) >= 11 is 0. The minimum Gasteiger partial charge on any atom is -0.345 e. The van der Waals surface area contributed by atoms with Gasteiger partial charge in [-0.05, 0) is 44.7 Å². The predicted octanol–water partition coefficient (Wildman–Crippen LogP) is 4.33. The first-order valence-electron chi connectivity index (χ1n) is 10.2. The average molecular weight is 397 g/mol. The lowest BCUT2D eigenvalue weighted by Gasteiger charge is -2.16. The fourth-order valence-electron chi connectivity index (χ4n) is 3.61. The van der Waals surface area contributed by atoms with Crippen molar-refractivity contribution in [1.82, 2.24) is 19.5 Å². The third-order valence-electron chi connectivity index (χ3n) is 5.13. The highest BCUT2D eigenvalue weighted by atomic mass is 19.1. The van der Waals surface area contributed by atoms with Crippen molar-refractivity contribution in [3.05, 3.63) is 52.8 Å². The van der Waals surface area contributed by atoms with E-state index >= 15 is 0 Å². The monoisotopic (exact) mass is 396 g/mol. The van der Waals surface area contributed by atoms with E-state index < -0.39 is 0 Å². The Bertz CT molecular complexity index is 994. The number of rotatable bonds is 8. The van der Waals surface area contributed by atoms with Crippen LogP contribution in [0.15, 0.2) is 30.3 Å². The van der Waals surface area contributed by atoms with Crippen LogP contribution in [0.25, 0.3) is 16.9 Å². The minimum atomic E-state index is -0.310. The molecule has 0 aliphatic carbocycles. The molecule has 154 valence electrons. The molecular formula is C23H29FN4O. The van der Waals surface area contributed by atoms with Gasteiger partial charge in [0.1, 0.15) is 0 Å². The lowest BCUT2D eigenvalue weighted by Crippen LogP contribution is -2.29. The molecular weight excluding hydrogens is 367 g/mol. The Labute approximate surface area is 171 Å². The summed E-state index contributed by atoms with van der Waals surface area (Å²) in [5, 5.41) is 4.80. The fraction of sp³-hybridized carbons (Fsp3) is 0.435. The number of aryl methyl sites for hydroxylation is 3. The van der Waals surface area contributed by atoms with Crippen LogP contribution in [0.4, 0.5) is 4.39 Å². The summed E-state index contributed by atoms with van der Waals surface area (Å²) in [6.45, 7) is 6.42. The maximum absolute atomic E-state index is 12.8. The summed E-state index contributed by atoms with van der Waals surface area (Å²) in [4.78, 5) is 19.2. The van der Waals surface area contributed by atoms with Gasteiger partial charge in [-0.2, -0.15) is 5.10 Å². The molecule has 0 unspecified atom stereocenters. The van der Waals surface area contributed by atoms with Gasteiger partial charge in [0.25, 0.3) is 0 Å². The van der Waals surface area contributed by atoms with Gasteiger partial charge in [0, 0.05) is 36.1 Å². The Morgan fingerprint density at radius 1 is 1.21 bits per heavy atom. The van der Waals surface area contributed by atoms with E-state index in [1.165, 1.54) is 0 Å². The Morgan fingerprint density at radius 2 is 1.93 bits per heavy atom. The molecule has 0 radical (unpaired) electrons. The zero-order valence-corrected chi connectivity index (χ0v) is 17.7. The largest absolute Gasteiger partial charge is 0.345 e. The molecule has 0 fully saturated rings. The van der Waals surface area contributed by atoms with Crippen molar-refractivity contribution in [3.8, 4) is 11.3 Å². The molecule has 0 saturated heterocycles. The van der Waals surface area contributed by atoms with Gasteiger partial charge < -0.3 is 4.90 Å². The maximum Gasteiger partial charge on any atom is 0.226 e. The van der Waals surface area contributed by atoms with E-state index in [0.29, 0.717) is 6.42 Å². The molecule has 3 rings (SSSR count). The summed E-state index contributed by atoms with van der Waals surface area (Å²) in [5.74, 6) is 0.0588. The number of nitrogens with zero attached hydrogens (tertiary/aromatic N) is 4. The highest BCUT2D eigenvalue weighted by Crippen LogP contribution is 2.28. The molecule has 2 aromatic heterocycles. The quantitative estimate of drug-likeness (QED) is 0.570. The van der Waals surface area contributed by atoms with Crippen molar-refractivity contribution in [2.75, 3.05) is 20.3 Å². The Kier molecular flexibility index (Phi) is 6.62. The fourth-order valence-corrected chi connectivity index (χ4v) is 3.61. The average Bonchev–Trinajstić information content (AvgIpc) is 3.05. The van der Waals surface area contributed by atoms with Crippen molar-refractivity contribution in [1.29, 1.82) is 0 Å². The molecule has 29 heavy (non-hydrogen) atoms. The summed E-state index contributed by atoms with van der Waals surface area (Å²) < 4.78 is 14.3. The number of carbonyl (C=O) groups excluding carboxylic acids is 1. The van der Waals surface area contributed by atoms with Crippen molar-refractivity contribution >= 4 is 11.6 Å². The van der Waals surface area contributed by atoms with Crippen LogP contribution in [-0.4, -0.2) is 45.7 Å². The summed E-state index contributed by atoms with van der Waals surface area (Å²) in [6.07, 6.45) is 2.42. The van der Waals surface area contributed by atoms with Gasteiger partial charge in [-0.15, -0.1) is 0 Å². The molecule has 1 aromatic carbocycles. The molecule has 0 atom stereocenters. The molecule has 0 spiro atoms. The number of carbonyl (C=O) groups is 1. The van der Waals surface area contributed by atoms with Gasteiger partial charge in [-0.25, -0.2) is 9.50 Å². The standard InChI is InChI=1S/C23H29FN4O/c1-5-13-27(4)21(29)15-20-22(19-10-8-18(9-11-19)7-6-12-24)26-28-17(3)14-16(2)25-23(20)28/h8-11,14H,5-7,12-13,15H2,1-4H3. The second-order valence-corrected chi connectivity index (χ2v) is 7.58. The molecule has 5 nitrogen and oxygen atoms in total. The first-order chi connectivity index (χ1) is 13.9. The van der Waals surface area contributed by atoms with Crippen LogP contribution in [0, 0.1) is 13.8 Å². The summed E-state index contributed by atoms with van der Waals surface area (Å²) in [6, 6.07) is 10.0. The number of fused-ring (bicyclic) bond motifs is 1. The first kappa shape index (κ1) is 21.0. The van der Waals surface area contributed by atoms with E-state index in [0.717, 1.165) is 58.8 Å². The van der Waals surface area contributed by atoms with Gasteiger partial charge >= 0.3 is 0 Å². The van der Waals surface area contributed by atoms with E-state index in [2.05, 4.69) is 11.9 Å². The van der Waals surface area contributed by atoms with E-state index in [1.807, 2.05) is 55.7 Å². The summed E-state index contributed by atoms with van der Waals surface area (Å²) in [5.41, 5.74) is 6.28. The van der Waals surface area contributed by atoms with Crippen LogP contribution < -0.4 is 0 Å². The highest BCUT2D eigenvalue weighted by Gasteiger charge is 2.21. The second-order valence-electron chi connectivity index (χ2n) is 7.58. The van der Waals surface area contributed by atoms with E-state index in [-0.39, 0.29) is 19.0 Å². The number of hydrogen-bond donors (Lipinski definition) is 0. The normalized spacial score (nSPS) is 11.2. The molecule has 0 N–H and O–H groups in total. The van der Waals surface area contributed by atoms with Crippen LogP contribution in [-0.2, 0) is 17.6 Å². The van der Waals surface area contributed by atoms with Crippen LogP contribution in [0.2, 0.25) is 0 Å². The molecule has 3 aromatic rings. The van der Waals surface area contributed by atoms with E-state index in [4.69, 9.17) is 5.10 Å². The van der Waals surface area contributed by atoms with Crippen LogP contribution in [0.3, 0.4) is 0 Å².